The van der Waals surface area contributed by atoms with Crippen molar-refractivity contribution in [2.75, 3.05) is 31.9 Å². The summed E-state index contributed by atoms with van der Waals surface area (Å²) in [5, 5.41) is 15.1. The van der Waals surface area contributed by atoms with E-state index in [2.05, 4.69) is 22.1 Å². The Kier molecular flexibility index (Phi) is 7.06. The van der Waals surface area contributed by atoms with Gasteiger partial charge >= 0.3 is 0 Å². The second-order valence-electron chi connectivity index (χ2n) is 6.26. The molecule has 2 N–H and O–H groups in total. The standard InChI is InChI=1S/C16H27N3O3S2/c1-3-17-16(19-8-4-6-13(2)11-19)18-10-14(20)12-24(21,22)15-7-5-9-23-15/h5,7,9,13-14,20H,3-4,6,8,10-12H2,1-2H3,(H,17,18). The molecule has 2 rings (SSSR count). The van der Waals surface area contributed by atoms with Gasteiger partial charge in [0.05, 0.1) is 18.4 Å². The molecule has 1 aliphatic rings. The summed E-state index contributed by atoms with van der Waals surface area (Å²) in [5.74, 6) is 1.08. The van der Waals surface area contributed by atoms with E-state index in [9.17, 15) is 13.5 Å². The zero-order chi connectivity index (χ0) is 17.6. The van der Waals surface area contributed by atoms with Gasteiger partial charge in [0.15, 0.2) is 15.8 Å². The largest absolute Gasteiger partial charge is 0.390 e. The maximum atomic E-state index is 12.2. The molecule has 2 unspecified atom stereocenters. The highest BCUT2D eigenvalue weighted by Gasteiger charge is 2.22. The van der Waals surface area contributed by atoms with E-state index < -0.39 is 15.9 Å². The summed E-state index contributed by atoms with van der Waals surface area (Å²) < 4.78 is 24.7. The minimum Gasteiger partial charge on any atom is -0.390 e. The number of aliphatic hydroxyl groups excluding tert-OH is 1. The molecule has 1 aliphatic heterocycles. The number of guanidine groups is 1. The van der Waals surface area contributed by atoms with Crippen molar-refractivity contribution in [3.05, 3.63) is 17.5 Å². The molecule has 136 valence electrons. The fraction of sp³-hybridized carbons (Fsp3) is 0.688. The minimum atomic E-state index is -3.44. The number of hydrogen-bond acceptors (Lipinski definition) is 5. The number of aliphatic imine (C=N–C) groups is 1. The molecule has 1 aromatic heterocycles. The van der Waals surface area contributed by atoms with Crippen molar-refractivity contribution in [3.8, 4) is 0 Å². The highest BCUT2D eigenvalue weighted by Crippen LogP contribution is 2.18. The highest BCUT2D eigenvalue weighted by molar-refractivity contribution is 7.93. The Balaban J connectivity index is 1.97. The first-order valence-electron chi connectivity index (χ1n) is 8.40. The van der Waals surface area contributed by atoms with Crippen LogP contribution >= 0.6 is 11.3 Å². The smallest absolute Gasteiger partial charge is 0.194 e. The van der Waals surface area contributed by atoms with Gasteiger partial charge in [-0.1, -0.05) is 13.0 Å². The lowest BCUT2D eigenvalue weighted by atomic mass is 10.0. The quantitative estimate of drug-likeness (QED) is 0.584. The zero-order valence-electron chi connectivity index (χ0n) is 14.3. The number of nitrogens with zero attached hydrogens (tertiary/aromatic N) is 2. The fourth-order valence-corrected chi connectivity index (χ4v) is 5.30. The van der Waals surface area contributed by atoms with Crippen LogP contribution in [0.1, 0.15) is 26.7 Å². The van der Waals surface area contributed by atoms with Gasteiger partial charge < -0.3 is 15.3 Å². The molecule has 1 aromatic rings. The first kappa shape index (κ1) is 19.2. The molecule has 0 bridgehead atoms. The maximum Gasteiger partial charge on any atom is 0.194 e. The van der Waals surface area contributed by atoms with E-state index in [1.54, 1.807) is 17.5 Å². The van der Waals surface area contributed by atoms with Crippen LogP contribution in [0.3, 0.4) is 0 Å². The van der Waals surface area contributed by atoms with Crippen molar-refractivity contribution in [3.63, 3.8) is 0 Å². The first-order chi connectivity index (χ1) is 11.4. The van der Waals surface area contributed by atoms with Crippen molar-refractivity contribution in [1.29, 1.82) is 0 Å². The molecular weight excluding hydrogens is 346 g/mol. The third kappa shape index (κ3) is 5.46. The number of piperidine rings is 1. The molecule has 0 saturated carbocycles. The molecule has 0 radical (unpaired) electrons. The van der Waals surface area contributed by atoms with Gasteiger partial charge in [0, 0.05) is 19.6 Å². The second kappa shape index (κ2) is 8.82. The van der Waals surface area contributed by atoms with Crippen LogP contribution in [0.4, 0.5) is 0 Å². The number of aliphatic hydroxyl groups is 1. The SMILES string of the molecule is CCNC(=NCC(O)CS(=O)(=O)c1cccs1)N1CCCC(C)C1. The van der Waals surface area contributed by atoms with Crippen molar-refractivity contribution in [2.45, 2.75) is 37.0 Å². The summed E-state index contributed by atoms with van der Waals surface area (Å²) in [6.07, 6.45) is 1.34. The fourth-order valence-electron chi connectivity index (χ4n) is 2.83. The van der Waals surface area contributed by atoms with Crippen molar-refractivity contribution >= 4 is 27.1 Å². The van der Waals surface area contributed by atoms with Gasteiger partial charge in [0.1, 0.15) is 4.21 Å². The predicted molar refractivity (Wildman–Crippen MR) is 98.3 cm³/mol. The molecular formula is C16H27N3O3S2. The predicted octanol–water partition coefficient (Wildman–Crippen LogP) is 1.58. The van der Waals surface area contributed by atoms with Gasteiger partial charge in [-0.15, -0.1) is 11.3 Å². The van der Waals surface area contributed by atoms with Crippen LogP contribution in [0.2, 0.25) is 0 Å². The first-order valence-corrected chi connectivity index (χ1v) is 10.9. The normalized spacial score (nSPS) is 20.9. The van der Waals surface area contributed by atoms with E-state index in [4.69, 9.17) is 0 Å². The minimum absolute atomic E-state index is 0.0812. The Bertz CT molecular complexity index is 629. The van der Waals surface area contributed by atoms with Gasteiger partial charge in [0.2, 0.25) is 0 Å². The third-order valence-corrected chi connectivity index (χ3v) is 7.24. The Morgan fingerprint density at radius 3 is 3.00 bits per heavy atom. The number of likely N-dealkylation sites (tertiary alicyclic amines) is 1. The average molecular weight is 374 g/mol. The van der Waals surface area contributed by atoms with Crippen LogP contribution in [-0.4, -0.2) is 62.4 Å². The van der Waals surface area contributed by atoms with Crippen molar-refractivity contribution in [2.24, 2.45) is 10.9 Å². The van der Waals surface area contributed by atoms with Crippen LogP contribution in [0.5, 0.6) is 0 Å². The van der Waals surface area contributed by atoms with Gasteiger partial charge in [-0.25, -0.2) is 8.42 Å². The Labute approximate surface area is 148 Å². The molecule has 6 nitrogen and oxygen atoms in total. The Morgan fingerprint density at radius 2 is 2.38 bits per heavy atom. The Morgan fingerprint density at radius 1 is 1.58 bits per heavy atom. The third-order valence-electron chi connectivity index (χ3n) is 3.96. The van der Waals surface area contributed by atoms with Crippen molar-refractivity contribution in [1.82, 2.24) is 10.2 Å². The zero-order valence-corrected chi connectivity index (χ0v) is 15.9. The molecule has 2 heterocycles. The summed E-state index contributed by atoms with van der Waals surface area (Å²) in [6, 6.07) is 3.26. The molecule has 0 aromatic carbocycles. The van der Waals surface area contributed by atoms with Gasteiger partial charge in [-0.3, -0.25) is 4.99 Å². The van der Waals surface area contributed by atoms with E-state index >= 15 is 0 Å². The lowest BCUT2D eigenvalue weighted by Gasteiger charge is -2.33. The van der Waals surface area contributed by atoms with E-state index in [-0.39, 0.29) is 12.3 Å². The lowest BCUT2D eigenvalue weighted by molar-refractivity contribution is 0.204. The van der Waals surface area contributed by atoms with Crippen LogP contribution < -0.4 is 5.32 Å². The van der Waals surface area contributed by atoms with Crippen LogP contribution in [0, 0.1) is 5.92 Å². The van der Waals surface area contributed by atoms with Crippen molar-refractivity contribution < 1.29 is 13.5 Å². The topological polar surface area (TPSA) is 82.0 Å². The average Bonchev–Trinajstić information content (AvgIpc) is 3.06. The van der Waals surface area contributed by atoms with E-state index in [1.807, 2.05) is 6.92 Å². The lowest BCUT2D eigenvalue weighted by Crippen LogP contribution is -2.46. The highest BCUT2D eigenvalue weighted by atomic mass is 32.2. The molecule has 0 aliphatic carbocycles. The molecule has 8 heteroatoms. The maximum absolute atomic E-state index is 12.2. The summed E-state index contributed by atoms with van der Waals surface area (Å²) in [7, 11) is -3.44. The van der Waals surface area contributed by atoms with Crippen LogP contribution in [-0.2, 0) is 9.84 Å². The Hall–Kier alpha value is -1.12. The number of thiophene rings is 1. The van der Waals surface area contributed by atoms with E-state index in [0.717, 1.165) is 32.0 Å². The van der Waals surface area contributed by atoms with Crippen LogP contribution in [0.25, 0.3) is 0 Å². The number of rotatable bonds is 6. The summed E-state index contributed by atoms with van der Waals surface area (Å²) in [5.41, 5.74) is 0. The van der Waals surface area contributed by atoms with Gasteiger partial charge in [0.25, 0.3) is 0 Å². The van der Waals surface area contributed by atoms with E-state index in [0.29, 0.717) is 10.1 Å². The van der Waals surface area contributed by atoms with Crippen LogP contribution in [0.15, 0.2) is 26.7 Å². The molecule has 0 spiro atoms. The van der Waals surface area contributed by atoms with E-state index in [1.165, 1.54) is 17.8 Å². The molecule has 24 heavy (non-hydrogen) atoms. The molecule has 1 fully saturated rings. The second-order valence-corrected chi connectivity index (χ2v) is 9.46. The summed E-state index contributed by atoms with van der Waals surface area (Å²) >= 11 is 1.17. The summed E-state index contributed by atoms with van der Waals surface area (Å²) in [4.78, 5) is 6.65. The molecule has 0 amide bonds. The number of nitrogens with one attached hydrogen (secondary N) is 1. The number of hydrogen-bond donors (Lipinski definition) is 2. The number of sulfone groups is 1. The van der Waals surface area contributed by atoms with Gasteiger partial charge in [-0.05, 0) is 37.1 Å². The monoisotopic (exact) mass is 373 g/mol. The molecule has 2 atom stereocenters. The molecule has 1 saturated heterocycles. The van der Waals surface area contributed by atoms with Gasteiger partial charge in [-0.2, -0.15) is 0 Å². The summed E-state index contributed by atoms with van der Waals surface area (Å²) in [6.45, 7) is 6.93.